The van der Waals surface area contributed by atoms with E-state index in [1.165, 1.54) is 45.0 Å². The Kier molecular flexibility index (Phi) is 10.1. The number of benzene rings is 3. The molecule has 0 fully saturated rings. The Morgan fingerprint density at radius 1 is 0.820 bits per heavy atom. The number of anilines is 6. The molecule has 0 unspecified atom stereocenters. The van der Waals surface area contributed by atoms with Gasteiger partial charge in [-0.1, -0.05) is 24.3 Å². The fraction of sp³-hybridized carbons (Fsp3) is 0.233. The highest BCUT2D eigenvalue weighted by Gasteiger charge is 2.37. The number of aliphatic hydroxyl groups is 1. The van der Waals surface area contributed by atoms with Crippen molar-refractivity contribution >= 4 is 78.0 Å². The van der Waals surface area contributed by atoms with E-state index in [9.17, 15) is 35.5 Å². The normalized spacial score (nSPS) is 12.8. The summed E-state index contributed by atoms with van der Waals surface area (Å²) >= 11 is 6.13. The number of carbonyl (C=O) groups is 2. The van der Waals surface area contributed by atoms with E-state index >= 15 is 0 Å². The summed E-state index contributed by atoms with van der Waals surface area (Å²) in [4.78, 5) is 38.3. The second-order valence-electron chi connectivity index (χ2n) is 11.0. The van der Waals surface area contributed by atoms with E-state index in [1.54, 1.807) is 0 Å². The Hall–Kier alpha value is -4.76. The molecule has 0 amide bonds. The van der Waals surface area contributed by atoms with Crippen LogP contribution >= 0.6 is 11.6 Å². The molecule has 1 aromatic heterocycles. The lowest BCUT2D eigenvalue weighted by Gasteiger charge is -2.26. The van der Waals surface area contributed by atoms with Crippen molar-refractivity contribution in [3.8, 4) is 0 Å². The minimum Gasteiger partial charge on any atom is -0.397 e. The maximum atomic E-state index is 13.9. The molecule has 1 heterocycles. The number of hydrogen-bond acceptors (Lipinski definition) is 15. The van der Waals surface area contributed by atoms with Gasteiger partial charge in [0.15, 0.2) is 11.6 Å². The lowest BCUT2D eigenvalue weighted by Crippen LogP contribution is -2.25. The van der Waals surface area contributed by atoms with Gasteiger partial charge < -0.3 is 31.5 Å². The average Bonchev–Trinajstić information content (AvgIpc) is 3.03. The number of ketones is 2. The van der Waals surface area contributed by atoms with Crippen LogP contribution in [0.4, 0.5) is 34.6 Å². The van der Waals surface area contributed by atoms with Gasteiger partial charge in [0.2, 0.25) is 17.2 Å². The summed E-state index contributed by atoms with van der Waals surface area (Å²) in [6, 6.07) is 6.67. The maximum absolute atomic E-state index is 13.9. The predicted octanol–water partition coefficient (Wildman–Crippen LogP) is 3.21. The zero-order valence-electron chi connectivity index (χ0n) is 26.5. The molecule has 0 atom stereocenters. The van der Waals surface area contributed by atoms with Gasteiger partial charge in [-0.05, 0) is 55.1 Å². The minimum absolute atomic E-state index is 0.00136. The number of hydrogen-bond donors (Lipinski definition) is 7. The number of nitrogens with two attached hydrogens (primary N) is 1. The molecule has 264 valence electrons. The molecule has 20 heteroatoms. The third kappa shape index (κ3) is 6.97. The van der Waals surface area contributed by atoms with Crippen molar-refractivity contribution in [2.24, 2.45) is 0 Å². The Bertz CT molecular complexity index is 2300. The number of aromatic nitrogens is 3. The first-order valence-corrected chi connectivity index (χ1v) is 17.8. The van der Waals surface area contributed by atoms with Gasteiger partial charge in [0.1, 0.15) is 9.79 Å². The number of nitrogens with one attached hydrogen (secondary N) is 3. The fourth-order valence-electron chi connectivity index (χ4n) is 5.70. The lowest BCUT2D eigenvalue weighted by molar-refractivity contribution is 0.0980. The molecule has 50 heavy (non-hydrogen) atoms. The second kappa shape index (κ2) is 13.9. The maximum Gasteiger partial charge on any atom is 0.296 e. The first-order chi connectivity index (χ1) is 23.4. The zero-order valence-corrected chi connectivity index (χ0v) is 28.9. The summed E-state index contributed by atoms with van der Waals surface area (Å²) < 4.78 is 76.0. The van der Waals surface area contributed by atoms with Crippen LogP contribution in [0.1, 0.15) is 48.5 Å². The number of aliphatic hydroxyl groups excluding tert-OH is 1. The SMILES string of the molecule is Cc1c(Nc2nc(Cl)nc(NCCOCCO)n2)c(C)c(S(=O)(=O)O)c(C)c1Nc1cc(S(=O)(=O)O)c(N)c2c1C(=O)c1ccccc1C2=O. The quantitative estimate of drug-likeness (QED) is 0.0548. The number of nitrogen functional groups attached to an aromatic ring is 1. The molecule has 17 nitrogen and oxygen atoms in total. The third-order valence-electron chi connectivity index (χ3n) is 7.79. The number of fused-ring (bicyclic) bond motifs is 2. The number of carbonyl (C=O) groups excluding carboxylic acids is 2. The molecule has 0 spiro atoms. The lowest BCUT2D eigenvalue weighted by atomic mass is 9.82. The Morgan fingerprint density at radius 2 is 1.40 bits per heavy atom. The Balaban J connectivity index is 1.69. The van der Waals surface area contributed by atoms with Crippen molar-refractivity contribution in [1.82, 2.24) is 15.0 Å². The van der Waals surface area contributed by atoms with Gasteiger partial charge in [0, 0.05) is 23.4 Å². The monoisotopic (exact) mass is 747 g/mol. The molecular weight excluding hydrogens is 718 g/mol. The van der Waals surface area contributed by atoms with Gasteiger partial charge in [-0.3, -0.25) is 18.7 Å². The Morgan fingerprint density at radius 3 is 1.98 bits per heavy atom. The van der Waals surface area contributed by atoms with Crippen LogP contribution in [-0.2, 0) is 25.0 Å². The first kappa shape index (κ1) is 36.5. The first-order valence-electron chi connectivity index (χ1n) is 14.6. The van der Waals surface area contributed by atoms with Crippen LogP contribution < -0.4 is 21.7 Å². The number of ether oxygens (including phenoxy) is 1. The summed E-state index contributed by atoms with van der Waals surface area (Å²) in [7, 11) is -10.0. The van der Waals surface area contributed by atoms with Crippen molar-refractivity contribution in [3.63, 3.8) is 0 Å². The van der Waals surface area contributed by atoms with Gasteiger partial charge in [0.05, 0.1) is 48.0 Å². The van der Waals surface area contributed by atoms with Gasteiger partial charge in [0.25, 0.3) is 20.2 Å². The number of nitrogens with zero attached hydrogens (tertiary/aromatic N) is 3. The van der Waals surface area contributed by atoms with E-state index in [1.807, 2.05) is 0 Å². The van der Waals surface area contributed by atoms with Gasteiger partial charge in [-0.2, -0.15) is 31.8 Å². The molecule has 3 aromatic carbocycles. The molecule has 1 aliphatic carbocycles. The van der Waals surface area contributed by atoms with Gasteiger partial charge in [-0.25, -0.2) is 0 Å². The highest BCUT2D eigenvalue weighted by atomic mass is 35.5. The van der Waals surface area contributed by atoms with E-state index in [0.29, 0.717) is 0 Å². The van der Waals surface area contributed by atoms with E-state index in [2.05, 4.69) is 30.9 Å². The standard InChI is InChI=1S/C30H30ClN7O10S2/c1-13-23(34-18-12-19(49(42,43)44)22(32)21-20(18)25(40)16-6-4-5-7-17(16)26(21)41)14(2)27(50(45,46)47)15(3)24(13)35-30-37-28(31)36-29(38-30)33-8-10-48-11-9-39/h4-7,12,34,39H,8-11,32H2,1-3H3,(H,42,43,44)(H,45,46,47)(H2,33,35,36,37,38). The largest absolute Gasteiger partial charge is 0.397 e. The van der Waals surface area contributed by atoms with Crippen molar-refractivity contribution in [2.75, 3.05) is 48.0 Å². The fourth-order valence-corrected chi connectivity index (χ4v) is 7.48. The highest BCUT2D eigenvalue weighted by molar-refractivity contribution is 7.86. The molecule has 5 rings (SSSR count). The molecule has 8 N–H and O–H groups in total. The molecule has 0 bridgehead atoms. The molecule has 4 aromatic rings. The minimum atomic E-state index is -5.06. The van der Waals surface area contributed by atoms with Crippen molar-refractivity contribution in [1.29, 1.82) is 0 Å². The van der Waals surface area contributed by atoms with Crippen molar-refractivity contribution < 1.29 is 45.4 Å². The van der Waals surface area contributed by atoms with Crippen molar-refractivity contribution in [3.05, 3.63) is 74.6 Å². The van der Waals surface area contributed by atoms with Crippen LogP contribution in [0.25, 0.3) is 0 Å². The highest BCUT2D eigenvalue weighted by Crippen LogP contribution is 2.44. The molecular formula is C30H30ClN7O10S2. The van der Waals surface area contributed by atoms with E-state index in [4.69, 9.17) is 27.2 Å². The number of rotatable bonds is 12. The average molecular weight is 748 g/mol. The summed E-state index contributed by atoms with van der Waals surface area (Å²) in [6.07, 6.45) is 0. The van der Waals surface area contributed by atoms with Crippen LogP contribution in [0, 0.1) is 20.8 Å². The Labute approximate surface area is 290 Å². The summed E-state index contributed by atoms with van der Waals surface area (Å²) in [5.74, 6) is -1.62. The second-order valence-corrected chi connectivity index (χ2v) is 14.0. The summed E-state index contributed by atoms with van der Waals surface area (Å²) in [6.45, 7) is 4.68. The van der Waals surface area contributed by atoms with Crippen LogP contribution in [0.2, 0.25) is 5.28 Å². The molecule has 0 aliphatic heterocycles. The van der Waals surface area contributed by atoms with Gasteiger partial charge in [-0.15, -0.1) is 0 Å². The molecule has 0 saturated heterocycles. The third-order valence-corrected chi connectivity index (χ3v) is 9.98. The molecule has 0 saturated carbocycles. The van der Waals surface area contributed by atoms with Crippen LogP contribution in [0.5, 0.6) is 0 Å². The topological polar surface area (TPSA) is 273 Å². The van der Waals surface area contributed by atoms with E-state index < -0.39 is 52.8 Å². The smallest absolute Gasteiger partial charge is 0.296 e. The number of halogens is 1. The van der Waals surface area contributed by atoms with Crippen LogP contribution in [0.15, 0.2) is 40.1 Å². The van der Waals surface area contributed by atoms with Crippen molar-refractivity contribution in [2.45, 2.75) is 30.6 Å². The summed E-state index contributed by atoms with van der Waals surface area (Å²) in [5.41, 5.74) is 4.51. The van der Waals surface area contributed by atoms with Crippen LogP contribution in [0.3, 0.4) is 0 Å². The molecule has 0 radical (unpaired) electrons. The van der Waals surface area contributed by atoms with Crippen LogP contribution in [-0.4, -0.2) is 83.9 Å². The van der Waals surface area contributed by atoms with Gasteiger partial charge >= 0.3 is 0 Å². The van der Waals surface area contributed by atoms with E-state index in [-0.39, 0.29) is 94.0 Å². The predicted molar refractivity (Wildman–Crippen MR) is 182 cm³/mol. The molecule has 1 aliphatic rings. The van der Waals surface area contributed by atoms with E-state index in [0.717, 1.165) is 6.07 Å². The zero-order chi connectivity index (χ0) is 36.7. The summed E-state index contributed by atoms with van der Waals surface area (Å²) in [5, 5.41) is 17.3.